The van der Waals surface area contributed by atoms with Crippen molar-refractivity contribution in [1.29, 1.82) is 0 Å². The zero-order valence-corrected chi connectivity index (χ0v) is 10.6. The summed E-state index contributed by atoms with van der Waals surface area (Å²) in [6.45, 7) is 0. The van der Waals surface area contributed by atoms with Gasteiger partial charge in [0.25, 0.3) is 0 Å². The first-order chi connectivity index (χ1) is 9.97. The van der Waals surface area contributed by atoms with Crippen molar-refractivity contribution in [3.63, 3.8) is 0 Å². The number of ketones is 1. The largest absolute Gasteiger partial charge is 0.416 e. The van der Waals surface area contributed by atoms with Gasteiger partial charge >= 0.3 is 6.18 Å². The van der Waals surface area contributed by atoms with Crippen molar-refractivity contribution >= 4 is 11.3 Å². The van der Waals surface area contributed by atoms with Gasteiger partial charge in [0.15, 0.2) is 5.78 Å². The summed E-state index contributed by atoms with van der Waals surface area (Å²) in [5.74, 6) is -0.357. The summed E-state index contributed by atoms with van der Waals surface area (Å²) in [6.07, 6.45) is -1.31. The van der Waals surface area contributed by atoms with Gasteiger partial charge in [0.2, 0.25) is 0 Å². The summed E-state index contributed by atoms with van der Waals surface area (Å²) >= 11 is 0. The van der Waals surface area contributed by atoms with Crippen molar-refractivity contribution in [2.75, 3.05) is 0 Å². The molecule has 3 nitrogen and oxygen atoms in total. The van der Waals surface area contributed by atoms with Gasteiger partial charge in [0, 0.05) is 11.8 Å². The summed E-state index contributed by atoms with van der Waals surface area (Å²) in [5, 5.41) is 4.04. The Bertz CT molecular complexity index is 804. The summed E-state index contributed by atoms with van der Waals surface area (Å²) in [7, 11) is 0. The molecule has 3 aromatic rings. The number of aromatic nitrogens is 2. The number of pyridine rings is 1. The summed E-state index contributed by atoms with van der Waals surface area (Å²) in [5.41, 5.74) is 0.387. The van der Waals surface area contributed by atoms with E-state index >= 15 is 0 Å². The Kier molecular flexibility index (Phi) is 3.01. The maximum absolute atomic E-state index is 12.5. The maximum atomic E-state index is 12.5. The van der Waals surface area contributed by atoms with Gasteiger partial charge in [0.1, 0.15) is 0 Å². The second-order valence-corrected chi connectivity index (χ2v) is 4.49. The molecule has 106 valence electrons. The molecule has 0 spiro atoms. The van der Waals surface area contributed by atoms with Crippen molar-refractivity contribution in [3.05, 3.63) is 71.5 Å². The molecule has 2 heterocycles. The zero-order chi connectivity index (χ0) is 15.0. The maximum Gasteiger partial charge on any atom is 0.416 e. The van der Waals surface area contributed by atoms with E-state index in [-0.39, 0.29) is 11.3 Å². The van der Waals surface area contributed by atoms with Crippen molar-refractivity contribution in [1.82, 2.24) is 9.61 Å². The van der Waals surface area contributed by atoms with E-state index in [0.29, 0.717) is 11.1 Å². The lowest BCUT2D eigenvalue weighted by Crippen LogP contribution is -2.06. The number of halogens is 3. The first-order valence-corrected chi connectivity index (χ1v) is 6.11. The number of fused-ring (bicyclic) bond motifs is 1. The lowest BCUT2D eigenvalue weighted by molar-refractivity contribution is -0.137. The molecule has 1 aromatic carbocycles. The number of nitrogens with zero attached hydrogens (tertiary/aromatic N) is 2. The van der Waals surface area contributed by atoms with E-state index in [1.165, 1.54) is 22.8 Å². The Hall–Kier alpha value is -2.63. The van der Waals surface area contributed by atoms with Gasteiger partial charge < -0.3 is 0 Å². The fourth-order valence-corrected chi connectivity index (χ4v) is 2.08. The zero-order valence-electron chi connectivity index (χ0n) is 10.6. The third kappa shape index (κ3) is 2.40. The molecule has 0 amide bonds. The molecule has 0 atom stereocenters. The molecule has 0 aliphatic carbocycles. The van der Waals surface area contributed by atoms with Gasteiger partial charge in [-0.05, 0) is 24.3 Å². The van der Waals surface area contributed by atoms with E-state index in [1.807, 2.05) is 0 Å². The normalized spacial score (nSPS) is 11.8. The molecular weight excluding hydrogens is 281 g/mol. The van der Waals surface area contributed by atoms with Crippen LogP contribution in [-0.4, -0.2) is 15.4 Å². The van der Waals surface area contributed by atoms with Crippen molar-refractivity contribution in [2.24, 2.45) is 0 Å². The van der Waals surface area contributed by atoms with Crippen LogP contribution in [0.15, 0.2) is 54.9 Å². The van der Waals surface area contributed by atoms with Gasteiger partial charge in [-0.15, -0.1) is 0 Å². The standard InChI is InChI=1S/C15H9F3N2O/c16-15(17,18)11-6-4-10(5-7-11)14(21)12-9-19-20-8-2-1-3-13(12)20/h1-9H. The van der Waals surface area contributed by atoms with Crippen LogP contribution >= 0.6 is 0 Å². The van der Waals surface area contributed by atoms with Gasteiger partial charge in [0.05, 0.1) is 22.8 Å². The number of hydrogen-bond acceptors (Lipinski definition) is 2. The highest BCUT2D eigenvalue weighted by molar-refractivity contribution is 6.12. The molecule has 3 rings (SSSR count). The van der Waals surface area contributed by atoms with E-state index in [1.54, 1.807) is 24.4 Å². The van der Waals surface area contributed by atoms with Crippen LogP contribution in [0.4, 0.5) is 13.2 Å². The van der Waals surface area contributed by atoms with E-state index in [9.17, 15) is 18.0 Å². The van der Waals surface area contributed by atoms with E-state index in [0.717, 1.165) is 12.1 Å². The minimum Gasteiger partial charge on any atom is -0.288 e. The molecule has 0 saturated carbocycles. The molecule has 0 aliphatic rings. The van der Waals surface area contributed by atoms with Crippen LogP contribution in [0.1, 0.15) is 21.5 Å². The summed E-state index contributed by atoms with van der Waals surface area (Å²) in [6, 6.07) is 9.42. The Labute approximate surface area is 117 Å². The number of rotatable bonds is 2. The fraction of sp³-hybridized carbons (Fsp3) is 0.0667. The highest BCUT2D eigenvalue weighted by Crippen LogP contribution is 2.29. The number of hydrogen-bond donors (Lipinski definition) is 0. The van der Waals surface area contributed by atoms with Crippen molar-refractivity contribution < 1.29 is 18.0 Å². The molecule has 0 unspecified atom stereocenters. The predicted molar refractivity (Wildman–Crippen MR) is 70.1 cm³/mol. The molecule has 0 N–H and O–H groups in total. The highest BCUT2D eigenvalue weighted by Gasteiger charge is 2.30. The minimum atomic E-state index is -4.41. The summed E-state index contributed by atoms with van der Waals surface area (Å²) in [4.78, 5) is 12.3. The van der Waals surface area contributed by atoms with Crippen molar-refractivity contribution in [3.8, 4) is 0 Å². The fourth-order valence-electron chi connectivity index (χ4n) is 2.08. The number of carbonyl (C=O) groups excluding carboxylic acids is 1. The topological polar surface area (TPSA) is 34.4 Å². The van der Waals surface area contributed by atoms with Crippen LogP contribution in [-0.2, 0) is 6.18 Å². The van der Waals surface area contributed by atoms with Gasteiger partial charge in [-0.25, -0.2) is 4.52 Å². The van der Waals surface area contributed by atoms with Gasteiger partial charge in [-0.3, -0.25) is 4.79 Å². The Morgan fingerprint density at radius 3 is 2.43 bits per heavy atom. The molecule has 0 aliphatic heterocycles. The molecule has 0 fully saturated rings. The van der Waals surface area contributed by atoms with Crippen LogP contribution in [0.2, 0.25) is 0 Å². The van der Waals surface area contributed by atoms with Crippen LogP contribution in [0.5, 0.6) is 0 Å². The van der Waals surface area contributed by atoms with Gasteiger partial charge in [-0.2, -0.15) is 18.3 Å². The number of carbonyl (C=O) groups is 1. The van der Waals surface area contributed by atoms with Crippen LogP contribution in [0.25, 0.3) is 5.52 Å². The van der Waals surface area contributed by atoms with Crippen molar-refractivity contribution in [2.45, 2.75) is 6.18 Å². The van der Waals surface area contributed by atoms with E-state index in [4.69, 9.17) is 0 Å². The summed E-state index contributed by atoms with van der Waals surface area (Å²) < 4.78 is 39.1. The quantitative estimate of drug-likeness (QED) is 0.676. The van der Waals surface area contributed by atoms with Crippen LogP contribution in [0.3, 0.4) is 0 Å². The molecule has 0 saturated heterocycles. The average Bonchev–Trinajstić information content (AvgIpc) is 2.90. The monoisotopic (exact) mass is 290 g/mol. The molecule has 2 aromatic heterocycles. The third-order valence-corrected chi connectivity index (χ3v) is 3.15. The predicted octanol–water partition coefficient (Wildman–Crippen LogP) is 3.58. The lowest BCUT2D eigenvalue weighted by Gasteiger charge is -2.06. The van der Waals surface area contributed by atoms with Gasteiger partial charge in [-0.1, -0.05) is 18.2 Å². The van der Waals surface area contributed by atoms with Crippen LogP contribution < -0.4 is 0 Å². The molecular formula is C15H9F3N2O. The SMILES string of the molecule is O=C(c1ccc(C(F)(F)F)cc1)c1cnn2ccccc12. The number of alkyl halides is 3. The first-order valence-electron chi connectivity index (χ1n) is 6.11. The second kappa shape index (κ2) is 4.73. The van der Waals surface area contributed by atoms with E-state index < -0.39 is 11.7 Å². The molecule has 0 bridgehead atoms. The Balaban J connectivity index is 1.99. The average molecular weight is 290 g/mol. The number of benzene rings is 1. The Morgan fingerprint density at radius 2 is 1.76 bits per heavy atom. The molecule has 21 heavy (non-hydrogen) atoms. The van der Waals surface area contributed by atoms with E-state index in [2.05, 4.69) is 5.10 Å². The first kappa shape index (κ1) is 13.4. The minimum absolute atomic E-state index is 0.196. The Morgan fingerprint density at radius 1 is 1.05 bits per heavy atom. The van der Waals surface area contributed by atoms with Crippen LogP contribution in [0, 0.1) is 0 Å². The molecule has 6 heteroatoms. The third-order valence-electron chi connectivity index (χ3n) is 3.15. The second-order valence-electron chi connectivity index (χ2n) is 4.49. The highest BCUT2D eigenvalue weighted by atomic mass is 19.4. The smallest absolute Gasteiger partial charge is 0.288 e. The lowest BCUT2D eigenvalue weighted by atomic mass is 10.0. The molecule has 0 radical (unpaired) electrons.